The average molecular weight is 428 g/mol. The molecule has 11 heteroatoms. The number of amides is 2. The molecule has 2 amide bonds. The van der Waals surface area contributed by atoms with Gasteiger partial charge in [0, 0.05) is 18.9 Å². The highest BCUT2D eigenvalue weighted by molar-refractivity contribution is 7.92. The van der Waals surface area contributed by atoms with E-state index in [1.54, 1.807) is 0 Å². The van der Waals surface area contributed by atoms with Gasteiger partial charge in [0.25, 0.3) is 0 Å². The molecule has 0 saturated carbocycles. The number of hydrogen-bond donors (Lipinski definition) is 3. The number of halogens is 1. The summed E-state index contributed by atoms with van der Waals surface area (Å²) in [6, 6.07) is 0. The van der Waals surface area contributed by atoms with Crippen LogP contribution in [0.3, 0.4) is 0 Å². The third-order valence-corrected chi connectivity index (χ3v) is 6.82. The number of carbonyl (C=O) groups is 3. The second-order valence-corrected chi connectivity index (χ2v) is 9.10. The van der Waals surface area contributed by atoms with E-state index in [9.17, 15) is 22.8 Å². The number of sulfone groups is 1. The Bertz CT molecular complexity index is 636. The minimum atomic E-state index is -3.83. The standard InChI is InChI=1S/C16H29N3O6S.ClH/c1-3-5-12(6-4-2)26(23,24)10-16(18,14(17)21)15(22)25-9-11-7-13(20)19-8-11;/h11-12H,3-10,18H2,1-2H3,(H2,17,21)(H,19,20);1H/t11-,16?;/m1./s1. The lowest BCUT2D eigenvalue weighted by Crippen LogP contribution is -2.63. The van der Waals surface area contributed by atoms with Crippen LogP contribution >= 0.6 is 12.4 Å². The first-order valence-corrected chi connectivity index (χ1v) is 10.5. The molecule has 0 aromatic heterocycles. The zero-order valence-corrected chi connectivity index (χ0v) is 17.4. The van der Waals surface area contributed by atoms with E-state index in [1.165, 1.54) is 0 Å². The molecule has 1 aliphatic heterocycles. The van der Waals surface area contributed by atoms with E-state index in [1.807, 2.05) is 13.8 Å². The molecular formula is C16H30ClN3O6S. The van der Waals surface area contributed by atoms with Gasteiger partial charge in [-0.3, -0.25) is 9.59 Å². The number of esters is 1. The minimum Gasteiger partial charge on any atom is -0.464 e. The van der Waals surface area contributed by atoms with Gasteiger partial charge in [0.05, 0.1) is 17.6 Å². The fourth-order valence-corrected chi connectivity index (χ4v) is 5.24. The van der Waals surface area contributed by atoms with Gasteiger partial charge in [0.2, 0.25) is 17.4 Å². The van der Waals surface area contributed by atoms with Crippen LogP contribution in [0.5, 0.6) is 0 Å². The molecule has 9 nitrogen and oxygen atoms in total. The summed E-state index contributed by atoms with van der Waals surface area (Å²) >= 11 is 0. The average Bonchev–Trinajstić information content (AvgIpc) is 2.97. The Morgan fingerprint density at radius 2 is 1.85 bits per heavy atom. The van der Waals surface area contributed by atoms with Crippen molar-refractivity contribution >= 4 is 40.0 Å². The normalized spacial score (nSPS) is 19.1. The highest BCUT2D eigenvalue weighted by Crippen LogP contribution is 2.20. The molecule has 158 valence electrons. The number of nitrogens with one attached hydrogen (secondary N) is 1. The second kappa shape index (κ2) is 10.8. The number of hydrogen-bond acceptors (Lipinski definition) is 7. The third kappa shape index (κ3) is 6.93. The maximum absolute atomic E-state index is 12.7. The largest absolute Gasteiger partial charge is 0.464 e. The molecule has 0 radical (unpaired) electrons. The van der Waals surface area contributed by atoms with Crippen molar-refractivity contribution in [3.8, 4) is 0 Å². The van der Waals surface area contributed by atoms with Crippen molar-refractivity contribution in [3.63, 3.8) is 0 Å². The fraction of sp³-hybridized carbons (Fsp3) is 0.812. The van der Waals surface area contributed by atoms with E-state index in [2.05, 4.69) is 5.32 Å². The van der Waals surface area contributed by atoms with Crippen LogP contribution in [0.2, 0.25) is 0 Å². The van der Waals surface area contributed by atoms with Gasteiger partial charge in [-0.2, -0.15) is 0 Å². The molecule has 1 aliphatic rings. The van der Waals surface area contributed by atoms with Crippen molar-refractivity contribution in [1.29, 1.82) is 0 Å². The summed E-state index contributed by atoms with van der Waals surface area (Å²) in [6.07, 6.45) is 2.30. The number of ether oxygens (including phenoxy) is 1. The summed E-state index contributed by atoms with van der Waals surface area (Å²) in [5.74, 6) is -3.73. The molecule has 5 N–H and O–H groups in total. The second-order valence-electron chi connectivity index (χ2n) is 6.81. The molecule has 0 spiro atoms. The van der Waals surface area contributed by atoms with E-state index in [0.717, 1.165) is 0 Å². The first-order valence-electron chi connectivity index (χ1n) is 8.81. The van der Waals surface area contributed by atoms with Crippen molar-refractivity contribution in [2.24, 2.45) is 17.4 Å². The Balaban J connectivity index is 0.00000676. The number of rotatable bonds is 11. The molecule has 0 aromatic carbocycles. The molecule has 0 bridgehead atoms. The topological polar surface area (TPSA) is 159 Å². The summed E-state index contributed by atoms with van der Waals surface area (Å²) < 4.78 is 30.4. The predicted octanol–water partition coefficient (Wildman–Crippen LogP) is -0.346. The lowest BCUT2D eigenvalue weighted by molar-refractivity contribution is -0.154. The maximum Gasteiger partial charge on any atom is 0.337 e. The van der Waals surface area contributed by atoms with Crippen LogP contribution in [0.25, 0.3) is 0 Å². The zero-order valence-electron chi connectivity index (χ0n) is 15.7. The van der Waals surface area contributed by atoms with Crippen LogP contribution < -0.4 is 16.8 Å². The van der Waals surface area contributed by atoms with Gasteiger partial charge in [-0.15, -0.1) is 12.4 Å². The van der Waals surface area contributed by atoms with Gasteiger partial charge in [-0.05, 0) is 12.8 Å². The van der Waals surface area contributed by atoms with Gasteiger partial charge < -0.3 is 21.5 Å². The van der Waals surface area contributed by atoms with E-state index in [-0.39, 0.29) is 37.3 Å². The Labute approximate surface area is 166 Å². The predicted molar refractivity (Wildman–Crippen MR) is 103 cm³/mol. The summed E-state index contributed by atoms with van der Waals surface area (Å²) in [6.45, 7) is 3.91. The molecule has 1 unspecified atom stereocenters. The molecule has 0 aromatic rings. The molecule has 27 heavy (non-hydrogen) atoms. The molecule has 2 atom stereocenters. The van der Waals surface area contributed by atoms with E-state index >= 15 is 0 Å². The quantitative estimate of drug-likeness (QED) is 0.300. The monoisotopic (exact) mass is 427 g/mol. The SMILES string of the molecule is CCCC(CCC)S(=O)(=O)CC(N)(C(N)=O)C(=O)OC[C@H]1CNC(=O)C1.Cl. The Hall–Kier alpha value is -1.39. The van der Waals surface area contributed by atoms with Crippen LogP contribution in [-0.2, 0) is 29.0 Å². The Morgan fingerprint density at radius 3 is 2.26 bits per heavy atom. The summed E-state index contributed by atoms with van der Waals surface area (Å²) in [4.78, 5) is 35.3. The van der Waals surface area contributed by atoms with E-state index in [4.69, 9.17) is 16.2 Å². The molecule has 1 heterocycles. The smallest absolute Gasteiger partial charge is 0.337 e. The summed E-state index contributed by atoms with van der Waals surface area (Å²) in [7, 11) is -3.83. The molecule has 0 aliphatic carbocycles. The van der Waals surface area contributed by atoms with Crippen LogP contribution in [-0.4, -0.2) is 55.9 Å². The Morgan fingerprint density at radius 1 is 1.30 bits per heavy atom. The lowest BCUT2D eigenvalue weighted by atomic mass is 10.0. The van der Waals surface area contributed by atoms with Gasteiger partial charge in [-0.1, -0.05) is 26.7 Å². The van der Waals surface area contributed by atoms with Gasteiger partial charge >= 0.3 is 5.97 Å². The van der Waals surface area contributed by atoms with E-state index in [0.29, 0.717) is 32.2 Å². The fourth-order valence-electron chi connectivity index (χ4n) is 2.92. The van der Waals surface area contributed by atoms with Crippen molar-refractivity contribution in [2.75, 3.05) is 18.9 Å². The molecule has 1 rings (SSSR count). The van der Waals surface area contributed by atoms with Crippen LogP contribution in [0.15, 0.2) is 0 Å². The van der Waals surface area contributed by atoms with Crippen molar-refractivity contribution in [3.05, 3.63) is 0 Å². The highest BCUT2D eigenvalue weighted by Gasteiger charge is 2.48. The number of nitrogens with two attached hydrogens (primary N) is 2. The van der Waals surface area contributed by atoms with Crippen LogP contribution in [0.4, 0.5) is 0 Å². The third-order valence-electron chi connectivity index (χ3n) is 4.47. The zero-order chi connectivity index (χ0) is 20.0. The van der Waals surface area contributed by atoms with E-state index < -0.39 is 38.3 Å². The molecule has 1 fully saturated rings. The first-order chi connectivity index (χ1) is 12.1. The van der Waals surface area contributed by atoms with Crippen molar-refractivity contribution in [2.45, 2.75) is 56.7 Å². The lowest BCUT2D eigenvalue weighted by Gasteiger charge is -2.26. The van der Waals surface area contributed by atoms with Crippen LogP contribution in [0, 0.1) is 5.92 Å². The Kier molecular flexibility index (Phi) is 10.3. The van der Waals surface area contributed by atoms with Gasteiger partial charge in [0.15, 0.2) is 9.84 Å². The molecular weight excluding hydrogens is 398 g/mol. The van der Waals surface area contributed by atoms with Gasteiger partial charge in [-0.25, -0.2) is 13.2 Å². The first kappa shape index (κ1) is 25.6. The van der Waals surface area contributed by atoms with Crippen molar-refractivity contribution in [1.82, 2.24) is 5.32 Å². The molecule has 1 saturated heterocycles. The number of primary amides is 1. The summed E-state index contributed by atoms with van der Waals surface area (Å²) in [5, 5.41) is 1.90. The highest BCUT2D eigenvalue weighted by atomic mass is 35.5. The minimum absolute atomic E-state index is 0. The maximum atomic E-state index is 12.7. The van der Waals surface area contributed by atoms with Gasteiger partial charge in [0.1, 0.15) is 0 Å². The summed E-state index contributed by atoms with van der Waals surface area (Å²) in [5.41, 5.74) is 8.59. The van der Waals surface area contributed by atoms with Crippen LogP contribution in [0.1, 0.15) is 46.0 Å². The van der Waals surface area contributed by atoms with Crippen molar-refractivity contribution < 1.29 is 27.5 Å². The number of carbonyl (C=O) groups excluding carboxylic acids is 3.